The van der Waals surface area contributed by atoms with E-state index in [4.69, 9.17) is 16.7 Å². The van der Waals surface area contributed by atoms with Crippen molar-refractivity contribution in [1.29, 1.82) is 0 Å². The fourth-order valence-corrected chi connectivity index (χ4v) is 2.25. The zero-order valence-electron chi connectivity index (χ0n) is 12.7. The van der Waals surface area contributed by atoms with E-state index >= 15 is 0 Å². The molecule has 2 N–H and O–H groups in total. The Morgan fingerprint density at radius 3 is 2.28 bits per heavy atom. The molecule has 0 aromatic heterocycles. The molecule has 0 fully saturated rings. The number of alkyl halides is 3. The van der Waals surface area contributed by atoms with E-state index in [9.17, 15) is 22.8 Å². The van der Waals surface area contributed by atoms with Crippen molar-refractivity contribution in [3.8, 4) is 0 Å². The molecule has 0 atom stereocenters. The van der Waals surface area contributed by atoms with Crippen LogP contribution in [0.25, 0.3) is 0 Å². The van der Waals surface area contributed by atoms with E-state index in [1.807, 2.05) is 0 Å². The second kappa shape index (κ2) is 7.57. The Hall–Kier alpha value is -2.54. The fraction of sp³-hybridized carbons (Fsp3) is 0.176. The predicted octanol–water partition coefficient (Wildman–Crippen LogP) is 4.63. The minimum Gasteiger partial charge on any atom is -0.478 e. The lowest BCUT2D eigenvalue weighted by Crippen LogP contribution is -2.13. The number of amides is 1. The average Bonchev–Trinajstić information content (AvgIpc) is 2.54. The number of rotatable bonds is 5. The third kappa shape index (κ3) is 5.22. The van der Waals surface area contributed by atoms with Gasteiger partial charge in [0.1, 0.15) is 0 Å². The number of aryl methyl sites for hydroxylation is 1. The fourth-order valence-electron chi connectivity index (χ4n) is 2.09. The molecule has 4 nitrogen and oxygen atoms in total. The third-order valence-corrected chi connectivity index (χ3v) is 3.74. The van der Waals surface area contributed by atoms with E-state index in [1.165, 1.54) is 30.3 Å². The van der Waals surface area contributed by atoms with Crippen molar-refractivity contribution >= 4 is 29.2 Å². The van der Waals surface area contributed by atoms with Gasteiger partial charge in [0, 0.05) is 6.42 Å². The van der Waals surface area contributed by atoms with Gasteiger partial charge in [0.05, 0.1) is 21.8 Å². The van der Waals surface area contributed by atoms with E-state index in [0.29, 0.717) is 5.56 Å². The first kappa shape index (κ1) is 18.8. The number of nitrogens with one attached hydrogen (secondary N) is 1. The summed E-state index contributed by atoms with van der Waals surface area (Å²) in [5.74, 6) is -1.58. The highest BCUT2D eigenvalue weighted by Gasteiger charge is 2.29. The van der Waals surface area contributed by atoms with Crippen molar-refractivity contribution in [3.63, 3.8) is 0 Å². The third-order valence-electron chi connectivity index (χ3n) is 3.41. The minimum atomic E-state index is -4.40. The summed E-state index contributed by atoms with van der Waals surface area (Å²) in [6, 6.07) is 8.45. The van der Waals surface area contributed by atoms with Crippen LogP contribution in [0.5, 0.6) is 0 Å². The van der Waals surface area contributed by atoms with Gasteiger partial charge in [-0.1, -0.05) is 23.7 Å². The molecule has 0 bridgehead atoms. The van der Waals surface area contributed by atoms with Gasteiger partial charge in [-0.25, -0.2) is 4.79 Å². The molecule has 2 aromatic rings. The molecule has 0 saturated carbocycles. The highest BCUT2D eigenvalue weighted by molar-refractivity contribution is 6.33. The van der Waals surface area contributed by atoms with E-state index < -0.39 is 23.6 Å². The van der Waals surface area contributed by atoms with Gasteiger partial charge in [-0.05, 0) is 42.3 Å². The first-order valence-electron chi connectivity index (χ1n) is 7.15. The Kier molecular flexibility index (Phi) is 5.69. The largest absolute Gasteiger partial charge is 0.478 e. The van der Waals surface area contributed by atoms with Crippen LogP contribution >= 0.6 is 11.6 Å². The molecule has 0 aliphatic heterocycles. The van der Waals surface area contributed by atoms with Gasteiger partial charge < -0.3 is 10.4 Å². The number of hydrogen-bond donors (Lipinski definition) is 2. The maximum atomic E-state index is 12.5. The minimum absolute atomic E-state index is 0.0129. The molecule has 0 aliphatic carbocycles. The number of hydrogen-bond acceptors (Lipinski definition) is 2. The molecule has 2 aromatic carbocycles. The topological polar surface area (TPSA) is 66.4 Å². The first-order valence-corrected chi connectivity index (χ1v) is 7.53. The lowest BCUT2D eigenvalue weighted by atomic mass is 10.1. The number of carbonyl (C=O) groups excluding carboxylic acids is 1. The van der Waals surface area contributed by atoms with Crippen LogP contribution in [0.1, 0.15) is 27.9 Å². The molecule has 132 valence electrons. The summed E-state index contributed by atoms with van der Waals surface area (Å²) >= 11 is 5.91. The van der Waals surface area contributed by atoms with Gasteiger partial charge in [0.2, 0.25) is 5.91 Å². The Morgan fingerprint density at radius 1 is 1.08 bits per heavy atom. The number of anilines is 1. The number of benzene rings is 2. The zero-order chi connectivity index (χ0) is 18.6. The highest BCUT2D eigenvalue weighted by Crippen LogP contribution is 2.29. The maximum Gasteiger partial charge on any atom is 0.416 e. The summed E-state index contributed by atoms with van der Waals surface area (Å²) in [6.45, 7) is 0. The van der Waals surface area contributed by atoms with Crippen LogP contribution in [0.15, 0.2) is 42.5 Å². The van der Waals surface area contributed by atoms with Crippen molar-refractivity contribution in [2.45, 2.75) is 19.0 Å². The zero-order valence-corrected chi connectivity index (χ0v) is 13.5. The van der Waals surface area contributed by atoms with E-state index in [0.717, 1.165) is 12.1 Å². The average molecular weight is 372 g/mol. The Balaban J connectivity index is 1.97. The van der Waals surface area contributed by atoms with Crippen LogP contribution < -0.4 is 5.32 Å². The van der Waals surface area contributed by atoms with Crippen LogP contribution in [-0.4, -0.2) is 17.0 Å². The van der Waals surface area contributed by atoms with Crippen molar-refractivity contribution in [3.05, 3.63) is 64.2 Å². The highest BCUT2D eigenvalue weighted by atomic mass is 35.5. The molecular weight excluding hydrogens is 359 g/mol. The molecular formula is C17H13ClF3NO3. The van der Waals surface area contributed by atoms with Gasteiger partial charge in [0.25, 0.3) is 0 Å². The molecule has 25 heavy (non-hydrogen) atoms. The monoisotopic (exact) mass is 371 g/mol. The summed E-state index contributed by atoms with van der Waals surface area (Å²) in [5.41, 5.74) is -0.0343. The summed E-state index contributed by atoms with van der Waals surface area (Å²) in [7, 11) is 0. The quantitative estimate of drug-likeness (QED) is 0.805. The van der Waals surface area contributed by atoms with E-state index in [2.05, 4.69) is 5.32 Å². The normalized spacial score (nSPS) is 11.2. The van der Waals surface area contributed by atoms with Gasteiger partial charge in [0.15, 0.2) is 0 Å². The van der Waals surface area contributed by atoms with Crippen LogP contribution in [0.2, 0.25) is 5.02 Å². The standard InChI is InChI=1S/C17H13ClF3NO3/c18-13-7-4-11(16(24)25)9-14(13)22-15(23)8-3-10-1-5-12(6-2-10)17(19,20)21/h1-2,4-7,9H,3,8H2,(H,22,23)(H,24,25). The van der Waals surface area contributed by atoms with Crippen LogP contribution in [0.3, 0.4) is 0 Å². The Bertz CT molecular complexity index is 789. The number of aromatic carboxylic acids is 1. The summed E-state index contributed by atoms with van der Waals surface area (Å²) in [4.78, 5) is 22.9. The van der Waals surface area contributed by atoms with Gasteiger partial charge >= 0.3 is 12.1 Å². The summed E-state index contributed by atoms with van der Waals surface area (Å²) in [6.07, 6.45) is -4.15. The maximum absolute atomic E-state index is 12.5. The van der Waals surface area contributed by atoms with Gasteiger partial charge in [-0.15, -0.1) is 0 Å². The molecule has 0 spiro atoms. The molecule has 2 rings (SSSR count). The SMILES string of the molecule is O=C(CCc1ccc(C(F)(F)F)cc1)Nc1cc(C(=O)O)ccc1Cl. The summed E-state index contributed by atoms with van der Waals surface area (Å²) in [5, 5.41) is 11.6. The number of carboxylic acids is 1. The van der Waals surface area contributed by atoms with Gasteiger partial charge in [-0.3, -0.25) is 4.79 Å². The smallest absolute Gasteiger partial charge is 0.416 e. The Labute approximate surface area is 146 Å². The molecule has 0 unspecified atom stereocenters. The Morgan fingerprint density at radius 2 is 1.72 bits per heavy atom. The number of carbonyl (C=O) groups is 2. The van der Waals surface area contributed by atoms with Crippen LogP contribution in [0.4, 0.5) is 18.9 Å². The second-order valence-electron chi connectivity index (χ2n) is 5.24. The van der Waals surface area contributed by atoms with Crippen molar-refractivity contribution in [1.82, 2.24) is 0 Å². The van der Waals surface area contributed by atoms with Crippen LogP contribution in [0, 0.1) is 0 Å². The van der Waals surface area contributed by atoms with E-state index in [-0.39, 0.29) is 29.1 Å². The van der Waals surface area contributed by atoms with Crippen LogP contribution in [-0.2, 0) is 17.4 Å². The first-order chi connectivity index (χ1) is 11.7. The number of carboxylic acid groups (broad SMARTS) is 1. The van der Waals surface area contributed by atoms with Crippen molar-refractivity contribution in [2.24, 2.45) is 0 Å². The molecule has 1 amide bonds. The predicted molar refractivity (Wildman–Crippen MR) is 86.8 cm³/mol. The molecule has 0 aliphatic rings. The lowest BCUT2D eigenvalue weighted by molar-refractivity contribution is -0.137. The van der Waals surface area contributed by atoms with Gasteiger partial charge in [-0.2, -0.15) is 13.2 Å². The lowest BCUT2D eigenvalue weighted by Gasteiger charge is -2.09. The number of halogens is 4. The molecule has 0 radical (unpaired) electrons. The van der Waals surface area contributed by atoms with E-state index in [1.54, 1.807) is 0 Å². The van der Waals surface area contributed by atoms with Crippen molar-refractivity contribution < 1.29 is 27.9 Å². The summed E-state index contributed by atoms with van der Waals surface area (Å²) < 4.78 is 37.5. The van der Waals surface area contributed by atoms with Crippen molar-refractivity contribution in [2.75, 3.05) is 5.32 Å². The molecule has 0 heterocycles. The second-order valence-corrected chi connectivity index (χ2v) is 5.65. The molecule has 8 heteroatoms. The molecule has 0 saturated heterocycles.